The number of carbonyl (C=O) groups is 2. The van der Waals surface area contributed by atoms with E-state index < -0.39 is 23.7 Å². The highest BCUT2D eigenvalue weighted by Gasteiger charge is 2.34. The van der Waals surface area contributed by atoms with Crippen LogP contribution in [0.3, 0.4) is 0 Å². The molecule has 1 saturated heterocycles. The molecular formula is C40H43BrF3N3O2. The van der Waals surface area contributed by atoms with Gasteiger partial charge in [0.2, 0.25) is 11.8 Å². The number of amides is 2. The van der Waals surface area contributed by atoms with Crippen LogP contribution < -0.4 is 0 Å². The Labute approximate surface area is 296 Å². The van der Waals surface area contributed by atoms with Gasteiger partial charge >= 0.3 is 6.18 Å². The number of halogens is 4. The third-order valence-corrected chi connectivity index (χ3v) is 8.52. The molecule has 0 bridgehead atoms. The highest BCUT2D eigenvalue weighted by atomic mass is 79.9. The molecule has 0 radical (unpaired) electrons. The first-order valence-corrected chi connectivity index (χ1v) is 17.3. The third kappa shape index (κ3) is 12.0. The molecule has 3 aromatic rings. The molecule has 0 N–H and O–H groups in total. The molecule has 49 heavy (non-hydrogen) atoms. The van der Waals surface area contributed by atoms with Gasteiger partial charge in [-0.15, -0.1) is 0 Å². The van der Waals surface area contributed by atoms with E-state index in [0.29, 0.717) is 38.2 Å². The van der Waals surface area contributed by atoms with Gasteiger partial charge in [0.15, 0.2) is 0 Å². The normalized spacial score (nSPS) is 15.6. The van der Waals surface area contributed by atoms with Crippen LogP contribution in [0.25, 0.3) is 6.08 Å². The second-order valence-corrected chi connectivity index (χ2v) is 13.3. The van der Waals surface area contributed by atoms with E-state index in [-0.39, 0.29) is 12.5 Å². The summed E-state index contributed by atoms with van der Waals surface area (Å²) in [6.07, 6.45) is 7.26. The molecule has 1 aliphatic rings. The van der Waals surface area contributed by atoms with Gasteiger partial charge in [0.05, 0.1) is 5.56 Å². The van der Waals surface area contributed by atoms with E-state index in [1.165, 1.54) is 29.8 Å². The molecular weight excluding hydrogens is 691 g/mol. The Hall–Kier alpha value is -4.21. The average molecular weight is 735 g/mol. The van der Waals surface area contributed by atoms with Gasteiger partial charge in [0, 0.05) is 51.8 Å². The van der Waals surface area contributed by atoms with Gasteiger partial charge in [-0.3, -0.25) is 14.5 Å². The Morgan fingerprint density at radius 2 is 1.47 bits per heavy atom. The quantitative estimate of drug-likeness (QED) is 0.131. The lowest BCUT2D eigenvalue weighted by Gasteiger charge is -2.39. The summed E-state index contributed by atoms with van der Waals surface area (Å²) in [6.45, 7) is 7.37. The van der Waals surface area contributed by atoms with E-state index in [0.717, 1.165) is 40.7 Å². The summed E-state index contributed by atoms with van der Waals surface area (Å²) in [6, 6.07) is 23.7. The molecule has 2 amide bonds. The van der Waals surface area contributed by atoms with Crippen LogP contribution in [0.15, 0.2) is 125 Å². The predicted octanol–water partition coefficient (Wildman–Crippen LogP) is 8.69. The van der Waals surface area contributed by atoms with Crippen LogP contribution in [0.5, 0.6) is 0 Å². The van der Waals surface area contributed by atoms with E-state index in [1.54, 1.807) is 4.90 Å². The monoisotopic (exact) mass is 733 g/mol. The van der Waals surface area contributed by atoms with E-state index in [4.69, 9.17) is 0 Å². The number of carbonyl (C=O) groups excluding carboxylic acids is 2. The number of benzene rings is 3. The zero-order valence-electron chi connectivity index (χ0n) is 28.0. The summed E-state index contributed by atoms with van der Waals surface area (Å²) < 4.78 is 40.3. The lowest BCUT2D eigenvalue weighted by molar-refractivity contribution is -0.144. The molecule has 1 aliphatic heterocycles. The van der Waals surface area contributed by atoms with Crippen LogP contribution in [-0.4, -0.2) is 65.3 Å². The maximum Gasteiger partial charge on any atom is 0.416 e. The van der Waals surface area contributed by atoms with E-state index in [2.05, 4.69) is 33.0 Å². The predicted molar refractivity (Wildman–Crippen MR) is 195 cm³/mol. The minimum atomic E-state index is -4.45. The maximum absolute atomic E-state index is 14.5. The Kier molecular flexibility index (Phi) is 14.2. The molecule has 0 spiro atoms. The Balaban J connectivity index is 1.66. The Bertz CT molecular complexity index is 1620. The second-order valence-electron chi connectivity index (χ2n) is 12.0. The summed E-state index contributed by atoms with van der Waals surface area (Å²) >= 11 is 3.47. The van der Waals surface area contributed by atoms with Crippen molar-refractivity contribution < 1.29 is 22.8 Å². The molecule has 0 aromatic heterocycles. The highest BCUT2D eigenvalue weighted by Crippen LogP contribution is 2.29. The lowest BCUT2D eigenvalue weighted by atomic mass is 10.0. The molecule has 5 nitrogen and oxygen atoms in total. The van der Waals surface area contributed by atoms with Crippen molar-refractivity contribution in [2.45, 2.75) is 45.5 Å². The van der Waals surface area contributed by atoms with Crippen molar-refractivity contribution in [3.63, 3.8) is 0 Å². The van der Waals surface area contributed by atoms with E-state index in [9.17, 15) is 22.8 Å². The fraction of sp³-hybridized carbons (Fsp3) is 0.300. The van der Waals surface area contributed by atoms with Crippen LogP contribution in [0, 0.1) is 0 Å². The summed E-state index contributed by atoms with van der Waals surface area (Å²) in [5.74, 6) is -0.544. The van der Waals surface area contributed by atoms with Gasteiger partial charge in [0.25, 0.3) is 0 Å². The van der Waals surface area contributed by atoms with Crippen LogP contribution in [0.4, 0.5) is 13.2 Å². The van der Waals surface area contributed by atoms with Gasteiger partial charge in [0.1, 0.15) is 6.04 Å². The molecule has 1 heterocycles. The standard InChI is InChI=1S/C40H43BrF3N3O2/c1-3-4-11-35(17-16-31(2)41)30-47(38(48)23-20-32-18-21-36(22-19-32)40(42,43)44)37(28-33-12-7-5-8-13-33)39(49)46-26-24-45(25-27-46)29-34-14-9-6-10-15-34/h4-23,37H,3,24-30H2,1-2H3/b11-4+,23-20+,31-16+,35-17+/t37-/m0/s1. The van der Waals surface area contributed by atoms with Gasteiger partial charge in [-0.05, 0) is 58.3 Å². The number of alkyl halides is 3. The molecule has 0 saturated carbocycles. The molecule has 1 atom stereocenters. The zero-order valence-corrected chi connectivity index (χ0v) is 29.5. The molecule has 0 unspecified atom stereocenters. The van der Waals surface area contributed by atoms with E-state index in [1.807, 2.05) is 91.6 Å². The average Bonchev–Trinajstić information content (AvgIpc) is 3.10. The smallest absolute Gasteiger partial charge is 0.338 e. The van der Waals surface area contributed by atoms with Crippen molar-refractivity contribution in [1.29, 1.82) is 0 Å². The SMILES string of the molecule is CC/C=C/C(=C\C=C(/C)Br)CN(C(=O)/C=C/c1ccc(C(F)(F)F)cc1)[C@@H](Cc1ccccc1)C(=O)N1CCN(Cc2ccccc2)CC1. The summed E-state index contributed by atoms with van der Waals surface area (Å²) in [5, 5.41) is 0. The minimum absolute atomic E-state index is 0.134. The summed E-state index contributed by atoms with van der Waals surface area (Å²) in [7, 11) is 0. The molecule has 3 aromatic carbocycles. The second kappa shape index (κ2) is 18.5. The van der Waals surface area contributed by atoms with Gasteiger partial charge in [-0.25, -0.2) is 0 Å². The number of piperazine rings is 1. The molecule has 0 aliphatic carbocycles. The van der Waals surface area contributed by atoms with Crippen LogP contribution in [0.1, 0.15) is 42.5 Å². The number of hydrogen-bond acceptors (Lipinski definition) is 3. The van der Waals surface area contributed by atoms with Crippen LogP contribution in [-0.2, 0) is 28.7 Å². The van der Waals surface area contributed by atoms with Crippen LogP contribution >= 0.6 is 15.9 Å². The minimum Gasteiger partial charge on any atom is -0.338 e. The first kappa shape index (κ1) is 37.6. The van der Waals surface area contributed by atoms with Crippen molar-refractivity contribution in [2.24, 2.45) is 0 Å². The summed E-state index contributed by atoms with van der Waals surface area (Å²) in [5.41, 5.74) is 2.64. The molecule has 9 heteroatoms. The number of allylic oxidation sites excluding steroid dienone is 4. The van der Waals surface area contributed by atoms with Gasteiger partial charge < -0.3 is 9.80 Å². The largest absolute Gasteiger partial charge is 0.416 e. The fourth-order valence-corrected chi connectivity index (χ4v) is 5.72. The number of hydrogen-bond donors (Lipinski definition) is 0. The van der Waals surface area contributed by atoms with E-state index >= 15 is 0 Å². The highest BCUT2D eigenvalue weighted by molar-refractivity contribution is 9.11. The molecule has 4 rings (SSSR count). The summed E-state index contributed by atoms with van der Waals surface area (Å²) in [4.78, 5) is 34.4. The first-order chi connectivity index (χ1) is 23.5. The van der Waals surface area contributed by atoms with Crippen LogP contribution in [0.2, 0.25) is 0 Å². The maximum atomic E-state index is 14.5. The van der Waals surface area contributed by atoms with Crippen molar-refractivity contribution in [2.75, 3.05) is 32.7 Å². The Morgan fingerprint density at radius 3 is 2.04 bits per heavy atom. The van der Waals surface area contributed by atoms with Crippen molar-refractivity contribution in [1.82, 2.24) is 14.7 Å². The van der Waals surface area contributed by atoms with Gasteiger partial charge in [-0.1, -0.05) is 120 Å². The molecule has 1 fully saturated rings. The van der Waals surface area contributed by atoms with Crippen molar-refractivity contribution in [3.8, 4) is 0 Å². The first-order valence-electron chi connectivity index (χ1n) is 16.5. The third-order valence-electron chi connectivity index (χ3n) is 8.25. The number of nitrogens with zero attached hydrogens (tertiary/aromatic N) is 3. The molecule has 258 valence electrons. The van der Waals surface area contributed by atoms with Gasteiger partial charge in [-0.2, -0.15) is 13.2 Å². The number of rotatable bonds is 13. The van der Waals surface area contributed by atoms with Crippen molar-refractivity contribution in [3.05, 3.63) is 148 Å². The Morgan fingerprint density at radius 1 is 0.857 bits per heavy atom. The fourth-order valence-electron chi connectivity index (χ4n) is 5.58. The zero-order chi connectivity index (χ0) is 35.2. The van der Waals surface area contributed by atoms with Crippen molar-refractivity contribution >= 4 is 33.8 Å². The lowest BCUT2D eigenvalue weighted by Crippen LogP contribution is -2.56. The topological polar surface area (TPSA) is 43.9 Å².